The van der Waals surface area contributed by atoms with Gasteiger partial charge in [0.2, 0.25) is 11.5 Å². The fraction of sp³-hybridized carbons (Fsp3) is 0.412. The van der Waals surface area contributed by atoms with E-state index >= 15 is 0 Å². The summed E-state index contributed by atoms with van der Waals surface area (Å²) in [6, 6.07) is -1.06. The summed E-state index contributed by atoms with van der Waals surface area (Å²) in [5.41, 5.74) is -2.06. The van der Waals surface area contributed by atoms with Crippen molar-refractivity contribution in [3.05, 3.63) is 32.0 Å². The van der Waals surface area contributed by atoms with E-state index < -0.39 is 51.8 Å². The number of carbonyl (C=O) groups excluding carboxylic acids is 3. The number of Topliss-reactive ketones (excluding diaryl/α,β-unsaturated/α-hetero) is 1. The molecule has 0 bridgehead atoms. The van der Waals surface area contributed by atoms with Crippen LogP contribution in [0.2, 0.25) is 0 Å². The number of alkyl halides is 1. The number of amides is 2. The van der Waals surface area contributed by atoms with Crippen molar-refractivity contribution in [2.45, 2.75) is 16.6 Å². The summed E-state index contributed by atoms with van der Waals surface area (Å²) in [6.45, 7) is 0. The van der Waals surface area contributed by atoms with E-state index in [1.165, 1.54) is 18.8 Å². The number of rotatable bonds is 9. The van der Waals surface area contributed by atoms with E-state index in [0.717, 1.165) is 28.3 Å². The number of aromatic amines is 1. The van der Waals surface area contributed by atoms with Crippen molar-refractivity contribution in [2.24, 2.45) is 12.2 Å². The van der Waals surface area contributed by atoms with Crippen LogP contribution < -0.4 is 16.4 Å². The Morgan fingerprint density at radius 1 is 1.38 bits per heavy atom. The molecule has 0 aliphatic carbocycles. The molecular weight excluding hydrogens is 560 g/mol. The van der Waals surface area contributed by atoms with Crippen LogP contribution in [0.1, 0.15) is 0 Å². The molecule has 1 aromatic rings. The van der Waals surface area contributed by atoms with Crippen molar-refractivity contribution in [1.82, 2.24) is 25.0 Å². The topological polar surface area (TPSA) is 193 Å². The van der Waals surface area contributed by atoms with Gasteiger partial charge in [0, 0.05) is 18.6 Å². The Morgan fingerprint density at radius 2 is 2.09 bits per heavy atom. The Balaban J connectivity index is 1.78. The van der Waals surface area contributed by atoms with Crippen molar-refractivity contribution in [2.75, 3.05) is 23.9 Å². The van der Waals surface area contributed by atoms with Crippen LogP contribution in [-0.4, -0.2) is 89.4 Å². The minimum Gasteiger partial charge on any atom is -0.477 e. The highest BCUT2D eigenvalue weighted by atomic mass is 79.9. The van der Waals surface area contributed by atoms with Gasteiger partial charge in [-0.3, -0.25) is 33.4 Å². The molecule has 3 rings (SSSR count). The summed E-state index contributed by atoms with van der Waals surface area (Å²) in [5.74, 6) is -3.28. The van der Waals surface area contributed by atoms with Crippen LogP contribution >= 0.6 is 39.5 Å². The second-order valence-corrected chi connectivity index (χ2v) is 9.39. The number of aliphatic carboxylic acids is 1. The van der Waals surface area contributed by atoms with Gasteiger partial charge in [-0.15, -0.1) is 16.9 Å². The van der Waals surface area contributed by atoms with Crippen LogP contribution in [0.25, 0.3) is 0 Å². The number of halogens is 1. The highest BCUT2D eigenvalue weighted by Gasteiger charge is 2.54. The van der Waals surface area contributed by atoms with Gasteiger partial charge in [-0.2, -0.15) is 0 Å². The number of carboxylic acids is 1. The molecule has 14 nitrogen and oxygen atoms in total. The van der Waals surface area contributed by atoms with Gasteiger partial charge in [0.25, 0.3) is 11.8 Å². The van der Waals surface area contributed by atoms with E-state index in [9.17, 15) is 33.9 Å². The smallest absolute Gasteiger partial charge is 0.352 e. The molecule has 0 unspecified atom stereocenters. The van der Waals surface area contributed by atoms with Crippen LogP contribution in [0.4, 0.5) is 0 Å². The minimum atomic E-state index is -1.33. The predicted molar refractivity (Wildman–Crippen MR) is 124 cm³/mol. The average Bonchev–Trinajstić information content (AvgIpc) is 2.82. The van der Waals surface area contributed by atoms with Gasteiger partial charge >= 0.3 is 17.1 Å². The number of H-pyrrole nitrogens is 1. The summed E-state index contributed by atoms with van der Waals surface area (Å²) >= 11 is 5.18. The fourth-order valence-electron chi connectivity index (χ4n) is 3.12. The first kappa shape index (κ1) is 25.7. The maximum absolute atomic E-state index is 12.8. The van der Waals surface area contributed by atoms with Crippen LogP contribution in [0, 0.1) is 0 Å². The second-order valence-electron chi connectivity index (χ2n) is 6.79. The van der Waals surface area contributed by atoms with Crippen molar-refractivity contribution in [1.29, 1.82) is 0 Å². The lowest BCUT2D eigenvalue weighted by atomic mass is 10.0. The number of nitrogens with one attached hydrogen (secondary N) is 2. The molecule has 3 heterocycles. The van der Waals surface area contributed by atoms with Crippen LogP contribution in [0.3, 0.4) is 0 Å². The van der Waals surface area contributed by atoms with Gasteiger partial charge in [0.15, 0.2) is 5.16 Å². The molecule has 0 radical (unpaired) electrons. The molecule has 0 aromatic carbocycles. The molecule has 3 N–H and O–H groups in total. The number of ketones is 1. The van der Waals surface area contributed by atoms with Crippen LogP contribution in [0.15, 0.2) is 31.2 Å². The van der Waals surface area contributed by atoms with E-state index in [4.69, 9.17) is 0 Å². The molecule has 2 aliphatic rings. The summed E-state index contributed by atoms with van der Waals surface area (Å²) in [6.07, 6.45) is 0. The molecule has 34 heavy (non-hydrogen) atoms. The van der Waals surface area contributed by atoms with E-state index in [2.05, 4.69) is 41.4 Å². The van der Waals surface area contributed by atoms with Crippen LogP contribution in [-0.2, 0) is 31.1 Å². The maximum atomic E-state index is 12.8. The molecule has 2 amide bonds. The number of hydrogen-bond acceptors (Lipinski definition) is 11. The lowest BCUT2D eigenvalue weighted by Crippen LogP contribution is -2.71. The Hall–Kier alpha value is -2.92. The maximum Gasteiger partial charge on any atom is 0.352 e. The molecule has 1 saturated heterocycles. The van der Waals surface area contributed by atoms with E-state index in [1.807, 2.05) is 0 Å². The first-order valence-electron chi connectivity index (χ1n) is 9.32. The first-order valence-corrected chi connectivity index (χ1v) is 12.5. The highest BCUT2D eigenvalue weighted by molar-refractivity contribution is 9.09. The van der Waals surface area contributed by atoms with E-state index in [1.54, 1.807) is 0 Å². The molecule has 182 valence electrons. The van der Waals surface area contributed by atoms with Gasteiger partial charge in [-0.05, 0) is 5.57 Å². The third-order valence-corrected chi connectivity index (χ3v) is 7.70. The number of oxime groups is 1. The van der Waals surface area contributed by atoms with Gasteiger partial charge in [0.05, 0.1) is 5.33 Å². The third kappa shape index (κ3) is 4.80. The number of nitrogens with zero attached hydrogens (tertiary/aromatic N) is 4. The molecule has 2 atom stereocenters. The lowest BCUT2D eigenvalue weighted by Gasteiger charge is -2.49. The second kappa shape index (κ2) is 10.6. The quantitative estimate of drug-likeness (QED) is 0.0574. The van der Waals surface area contributed by atoms with Crippen molar-refractivity contribution >= 4 is 68.7 Å². The number of β-lactam (4-membered cyclic amide) rings is 1. The Bertz CT molecular complexity index is 1240. The zero-order chi connectivity index (χ0) is 25.2. The summed E-state index contributed by atoms with van der Waals surface area (Å²) < 4.78 is 1.04. The van der Waals surface area contributed by atoms with Gasteiger partial charge in [-0.25, -0.2) is 9.89 Å². The average molecular weight is 577 g/mol. The first-order chi connectivity index (χ1) is 16.1. The molecule has 1 aromatic heterocycles. The summed E-state index contributed by atoms with van der Waals surface area (Å²) in [5, 5.41) is 20.7. The Kier molecular flexibility index (Phi) is 7.98. The van der Waals surface area contributed by atoms with Crippen molar-refractivity contribution < 1.29 is 29.1 Å². The van der Waals surface area contributed by atoms with Crippen LogP contribution in [0.5, 0.6) is 0 Å². The van der Waals surface area contributed by atoms with Gasteiger partial charge in [0.1, 0.15) is 24.2 Å². The number of carboxylic acid groups (broad SMARTS) is 1. The molecule has 2 aliphatic heterocycles. The zero-order valence-corrected chi connectivity index (χ0v) is 20.8. The molecule has 17 heteroatoms. The van der Waals surface area contributed by atoms with E-state index in [-0.39, 0.29) is 27.7 Å². The van der Waals surface area contributed by atoms with Crippen molar-refractivity contribution in [3.63, 3.8) is 0 Å². The summed E-state index contributed by atoms with van der Waals surface area (Å²) in [7, 11) is 2.52. The number of aromatic nitrogens is 3. The molecule has 0 saturated carbocycles. The number of thioether (sulfide) groups is 2. The van der Waals surface area contributed by atoms with Gasteiger partial charge < -0.3 is 15.3 Å². The summed E-state index contributed by atoms with van der Waals surface area (Å²) in [4.78, 5) is 77.7. The SMILES string of the molecule is CON=C(C(=O)CBr)C(=O)N[C@@H]1C(=O)N2C(C(=O)O)=C(CSc3n[nH]c(=O)c(=O)n3C)CS[C@H]12. The highest BCUT2D eigenvalue weighted by Crippen LogP contribution is 2.41. The Morgan fingerprint density at radius 3 is 2.71 bits per heavy atom. The van der Waals surface area contributed by atoms with Gasteiger partial charge in [-0.1, -0.05) is 32.8 Å². The molecule has 1 fully saturated rings. The Labute approximate surface area is 207 Å². The molecular formula is C17H17BrN6O8S2. The normalized spacial score (nSPS) is 19.9. The zero-order valence-electron chi connectivity index (χ0n) is 17.6. The molecule has 0 spiro atoms. The number of carbonyl (C=O) groups is 4. The monoisotopic (exact) mass is 576 g/mol. The largest absolute Gasteiger partial charge is 0.477 e. The predicted octanol–water partition coefficient (Wildman–Crippen LogP) is -1.73. The third-order valence-electron chi connectivity index (χ3n) is 4.73. The number of fused-ring (bicyclic) bond motifs is 1. The standard InChI is InChI=1S/C17H17BrN6O8S2/c1-23-14(29)12(27)20-21-17(23)34-5-6-4-33-15-9(13(28)24(15)10(6)16(30)31)19-11(26)8(22-32-2)7(25)3-18/h9,15H,3-5H2,1-2H3,(H,19,26)(H,20,27)(H,30,31)/t9-,15-/m1/s1. The van der Waals surface area contributed by atoms with Crippen molar-refractivity contribution in [3.8, 4) is 0 Å². The fourth-order valence-corrected chi connectivity index (χ4v) is 5.79. The van der Waals surface area contributed by atoms with E-state index in [0.29, 0.717) is 5.57 Å². The number of hydrogen-bond donors (Lipinski definition) is 3. The minimum absolute atomic E-state index is 0.0822. The lowest BCUT2D eigenvalue weighted by molar-refractivity contribution is -0.150.